The summed E-state index contributed by atoms with van der Waals surface area (Å²) in [6, 6.07) is 10.7. The van der Waals surface area contributed by atoms with Crippen molar-refractivity contribution < 1.29 is 19.0 Å². The number of anilines is 1. The lowest BCUT2D eigenvalue weighted by molar-refractivity contribution is -0.113. The quantitative estimate of drug-likeness (QED) is 0.555. The summed E-state index contributed by atoms with van der Waals surface area (Å²) in [6.45, 7) is 0. The summed E-state index contributed by atoms with van der Waals surface area (Å²) in [4.78, 5) is 14.3. The van der Waals surface area contributed by atoms with Crippen molar-refractivity contribution in [3.05, 3.63) is 52.1 Å². The topological polar surface area (TPSA) is 60.0 Å². The molecule has 2 aromatic carbocycles. The molecule has 1 amide bonds. The average molecular weight is 449 g/mol. The van der Waals surface area contributed by atoms with Gasteiger partial charge in [-0.3, -0.25) is 9.69 Å². The zero-order valence-electron chi connectivity index (χ0n) is 14.9. The van der Waals surface area contributed by atoms with Gasteiger partial charge in [0.05, 0.1) is 31.5 Å². The van der Waals surface area contributed by atoms with Crippen LogP contribution in [0.25, 0.3) is 6.08 Å². The smallest absolute Gasteiger partial charge is 0.281 e. The molecule has 6 nitrogen and oxygen atoms in total. The highest BCUT2D eigenvalue weighted by Crippen LogP contribution is 2.34. The molecule has 0 atom stereocenters. The number of thiocarbonyl (C=S) groups is 1. The van der Waals surface area contributed by atoms with E-state index in [9.17, 15) is 4.79 Å². The summed E-state index contributed by atoms with van der Waals surface area (Å²) in [5, 5.41) is 3.27. The molecule has 1 saturated heterocycles. The van der Waals surface area contributed by atoms with Gasteiger partial charge in [-0.05, 0) is 64.6 Å². The first-order chi connectivity index (χ1) is 13.0. The maximum atomic E-state index is 12.9. The number of ether oxygens (including phenoxy) is 3. The highest BCUT2D eigenvalue weighted by molar-refractivity contribution is 9.10. The van der Waals surface area contributed by atoms with Crippen molar-refractivity contribution >= 4 is 50.9 Å². The van der Waals surface area contributed by atoms with Gasteiger partial charge in [-0.1, -0.05) is 0 Å². The van der Waals surface area contributed by atoms with Gasteiger partial charge in [-0.25, -0.2) is 0 Å². The van der Waals surface area contributed by atoms with Gasteiger partial charge >= 0.3 is 0 Å². The predicted octanol–water partition coefficient (Wildman–Crippen LogP) is 3.74. The van der Waals surface area contributed by atoms with Gasteiger partial charge < -0.3 is 19.5 Å². The molecule has 140 valence electrons. The van der Waals surface area contributed by atoms with Crippen LogP contribution in [0.3, 0.4) is 0 Å². The van der Waals surface area contributed by atoms with Gasteiger partial charge in [0.25, 0.3) is 5.91 Å². The van der Waals surface area contributed by atoms with Crippen molar-refractivity contribution in [2.75, 3.05) is 26.2 Å². The first-order valence-corrected chi connectivity index (χ1v) is 9.11. The van der Waals surface area contributed by atoms with Crippen molar-refractivity contribution in [1.29, 1.82) is 0 Å². The fourth-order valence-corrected chi connectivity index (χ4v) is 3.47. The van der Waals surface area contributed by atoms with E-state index in [-0.39, 0.29) is 5.91 Å². The fourth-order valence-electron chi connectivity index (χ4n) is 2.65. The van der Waals surface area contributed by atoms with E-state index in [4.69, 9.17) is 26.4 Å². The number of amides is 1. The molecule has 2 aromatic rings. The number of nitrogens with one attached hydrogen (secondary N) is 1. The number of carbonyl (C=O) groups is 1. The second-order valence-electron chi connectivity index (χ2n) is 5.56. The highest BCUT2D eigenvalue weighted by atomic mass is 79.9. The van der Waals surface area contributed by atoms with Crippen molar-refractivity contribution in [1.82, 2.24) is 5.32 Å². The molecule has 0 aliphatic carbocycles. The van der Waals surface area contributed by atoms with Crippen molar-refractivity contribution in [2.24, 2.45) is 0 Å². The van der Waals surface area contributed by atoms with Crippen LogP contribution >= 0.6 is 28.1 Å². The first-order valence-electron chi connectivity index (χ1n) is 7.91. The molecule has 3 rings (SSSR count). The van der Waals surface area contributed by atoms with Crippen LogP contribution in [0.15, 0.2) is 46.6 Å². The molecule has 0 aromatic heterocycles. The Hall–Kier alpha value is -2.58. The van der Waals surface area contributed by atoms with E-state index < -0.39 is 0 Å². The molecule has 0 saturated carbocycles. The Morgan fingerprint density at radius 1 is 1.04 bits per heavy atom. The number of hydrogen-bond donors (Lipinski definition) is 1. The standard InChI is InChI=1S/C19H17BrN2O4S/c1-24-13-6-4-12(5-7-13)22-18(23)15(21-19(22)27)9-11-8-14(20)17(26-3)10-16(11)25-2/h4-10H,1-3H3,(H,21,27). The van der Waals surface area contributed by atoms with Crippen LogP contribution in [0.5, 0.6) is 17.2 Å². The molecule has 0 radical (unpaired) electrons. The Morgan fingerprint density at radius 2 is 1.70 bits per heavy atom. The second kappa shape index (κ2) is 7.98. The fraction of sp³-hybridized carbons (Fsp3) is 0.158. The molecule has 1 fully saturated rings. The molecule has 1 aliphatic heterocycles. The van der Waals surface area contributed by atoms with E-state index in [1.165, 1.54) is 4.90 Å². The van der Waals surface area contributed by atoms with E-state index in [2.05, 4.69) is 21.2 Å². The van der Waals surface area contributed by atoms with Crippen LogP contribution in [0.4, 0.5) is 5.69 Å². The molecule has 1 N–H and O–H groups in total. The summed E-state index contributed by atoms with van der Waals surface area (Å²) in [7, 11) is 4.72. The van der Waals surface area contributed by atoms with E-state index in [0.29, 0.717) is 39.3 Å². The molecular formula is C19H17BrN2O4S. The van der Waals surface area contributed by atoms with Gasteiger partial charge in [-0.2, -0.15) is 0 Å². The van der Waals surface area contributed by atoms with Crippen LogP contribution in [0.1, 0.15) is 5.56 Å². The molecule has 0 bridgehead atoms. The number of halogens is 1. The summed E-state index contributed by atoms with van der Waals surface area (Å²) < 4.78 is 16.6. The van der Waals surface area contributed by atoms with Crippen molar-refractivity contribution in [2.45, 2.75) is 0 Å². The Labute approximate surface area is 170 Å². The van der Waals surface area contributed by atoms with Gasteiger partial charge in [0.2, 0.25) is 0 Å². The Balaban J connectivity index is 1.95. The average Bonchev–Trinajstić information content (AvgIpc) is 2.95. The van der Waals surface area contributed by atoms with Crippen LogP contribution in [0.2, 0.25) is 0 Å². The van der Waals surface area contributed by atoms with Gasteiger partial charge in [0.1, 0.15) is 22.9 Å². The third kappa shape index (κ3) is 3.77. The summed E-state index contributed by atoms with van der Waals surface area (Å²) in [5.41, 5.74) is 1.72. The van der Waals surface area contributed by atoms with Crippen molar-refractivity contribution in [3.8, 4) is 17.2 Å². The lowest BCUT2D eigenvalue weighted by Crippen LogP contribution is -2.30. The summed E-state index contributed by atoms with van der Waals surface area (Å²) in [5.74, 6) is 1.66. The van der Waals surface area contributed by atoms with Crippen molar-refractivity contribution in [3.63, 3.8) is 0 Å². The van der Waals surface area contributed by atoms with Crippen LogP contribution in [-0.4, -0.2) is 32.3 Å². The monoisotopic (exact) mass is 448 g/mol. The highest BCUT2D eigenvalue weighted by Gasteiger charge is 2.32. The summed E-state index contributed by atoms with van der Waals surface area (Å²) >= 11 is 8.79. The molecule has 1 aliphatic rings. The number of methoxy groups -OCH3 is 3. The number of carbonyl (C=O) groups excluding carboxylic acids is 1. The minimum atomic E-state index is -0.251. The molecular weight excluding hydrogens is 432 g/mol. The molecule has 0 spiro atoms. The first kappa shape index (κ1) is 19.2. The van der Waals surface area contributed by atoms with Crippen LogP contribution in [0, 0.1) is 0 Å². The van der Waals surface area contributed by atoms with E-state index in [1.807, 2.05) is 6.07 Å². The zero-order valence-corrected chi connectivity index (χ0v) is 17.3. The Morgan fingerprint density at radius 3 is 2.30 bits per heavy atom. The largest absolute Gasteiger partial charge is 0.497 e. The lowest BCUT2D eigenvalue weighted by Gasteiger charge is -2.14. The number of hydrogen-bond acceptors (Lipinski definition) is 5. The van der Waals surface area contributed by atoms with E-state index >= 15 is 0 Å². The number of rotatable bonds is 5. The van der Waals surface area contributed by atoms with E-state index in [1.54, 1.807) is 57.7 Å². The summed E-state index contributed by atoms with van der Waals surface area (Å²) in [6.07, 6.45) is 1.70. The Bertz CT molecular complexity index is 928. The molecule has 0 unspecified atom stereocenters. The molecule has 27 heavy (non-hydrogen) atoms. The SMILES string of the molecule is COc1ccc(N2C(=O)C(=Cc3cc(Br)c(OC)cc3OC)NC2=S)cc1. The predicted molar refractivity (Wildman–Crippen MR) is 111 cm³/mol. The van der Waals surface area contributed by atoms with Gasteiger partial charge in [0, 0.05) is 11.6 Å². The zero-order chi connectivity index (χ0) is 19.6. The minimum absolute atomic E-state index is 0.251. The molecule has 8 heteroatoms. The number of benzene rings is 2. The maximum absolute atomic E-state index is 12.9. The third-order valence-corrected chi connectivity index (χ3v) is 4.92. The van der Waals surface area contributed by atoms with E-state index in [0.717, 1.165) is 4.47 Å². The third-order valence-electron chi connectivity index (χ3n) is 4.01. The molecule has 1 heterocycles. The van der Waals surface area contributed by atoms with Gasteiger partial charge in [-0.15, -0.1) is 0 Å². The minimum Gasteiger partial charge on any atom is -0.497 e. The number of nitrogens with zero attached hydrogens (tertiary/aromatic N) is 1. The second-order valence-corrected chi connectivity index (χ2v) is 6.80. The van der Waals surface area contributed by atoms with Crippen LogP contribution < -0.4 is 24.4 Å². The van der Waals surface area contributed by atoms with Crippen LogP contribution in [-0.2, 0) is 4.79 Å². The Kier molecular flexibility index (Phi) is 5.67. The lowest BCUT2D eigenvalue weighted by atomic mass is 10.1. The normalized spacial score (nSPS) is 15.1. The van der Waals surface area contributed by atoms with Gasteiger partial charge in [0.15, 0.2) is 5.11 Å². The maximum Gasteiger partial charge on any atom is 0.281 e.